The molecule has 1 rings (SSSR count). The molecule has 1 aromatic rings. The molecule has 0 unspecified atom stereocenters. The molecule has 0 heterocycles. The molecule has 0 aliphatic heterocycles. The maximum atomic E-state index is 11.1. The van der Waals surface area contributed by atoms with Crippen LogP contribution in [0.25, 0.3) is 0 Å². The first kappa shape index (κ1) is 14.2. The van der Waals surface area contributed by atoms with Gasteiger partial charge >= 0.3 is 0 Å². The average molecular weight is 217 g/mol. The van der Waals surface area contributed by atoms with E-state index < -0.39 is 0 Å². The Bertz CT molecular complexity index is 410. The van der Waals surface area contributed by atoms with Crippen LogP contribution in [-0.4, -0.2) is 12.8 Å². The largest absolute Gasteiger partial charge is 0.387 e. The first-order chi connectivity index (χ1) is 7.69. The number of hydrogen-bond acceptors (Lipinski definition) is 2. The van der Waals surface area contributed by atoms with E-state index in [0.29, 0.717) is 5.56 Å². The van der Waals surface area contributed by atoms with Crippen LogP contribution in [0.5, 0.6) is 0 Å². The molecule has 0 aromatic heterocycles. The van der Waals surface area contributed by atoms with Crippen molar-refractivity contribution in [2.45, 2.75) is 27.7 Å². The normalized spacial score (nSPS) is 8.06. The molecule has 86 valence electrons. The highest BCUT2D eigenvalue weighted by molar-refractivity contribution is 5.95. The van der Waals surface area contributed by atoms with Crippen LogP contribution >= 0.6 is 0 Å². The van der Waals surface area contributed by atoms with Crippen molar-refractivity contribution in [2.24, 2.45) is 0 Å². The SMILES string of the molecule is CC.CC#Cc1cc(C(C)=O)ccc1NC. The third-order valence-electron chi connectivity index (χ3n) is 1.96. The van der Waals surface area contributed by atoms with Crippen LogP contribution in [0.15, 0.2) is 18.2 Å². The van der Waals surface area contributed by atoms with E-state index in [4.69, 9.17) is 0 Å². The molecule has 0 radical (unpaired) electrons. The number of anilines is 1. The first-order valence-corrected chi connectivity index (χ1v) is 5.44. The number of rotatable bonds is 2. The summed E-state index contributed by atoms with van der Waals surface area (Å²) in [6, 6.07) is 5.48. The molecular weight excluding hydrogens is 198 g/mol. The highest BCUT2D eigenvalue weighted by Gasteiger charge is 2.03. The van der Waals surface area contributed by atoms with Gasteiger partial charge in [-0.25, -0.2) is 0 Å². The van der Waals surface area contributed by atoms with E-state index in [9.17, 15) is 4.79 Å². The van der Waals surface area contributed by atoms with Crippen LogP contribution < -0.4 is 5.32 Å². The zero-order valence-electron chi connectivity index (χ0n) is 10.6. The van der Waals surface area contributed by atoms with Crippen molar-refractivity contribution in [3.63, 3.8) is 0 Å². The van der Waals surface area contributed by atoms with Gasteiger partial charge < -0.3 is 5.32 Å². The Morgan fingerprint density at radius 2 is 1.94 bits per heavy atom. The lowest BCUT2D eigenvalue weighted by atomic mass is 10.1. The number of Topliss-reactive ketones (excluding diaryl/α,β-unsaturated/α-hetero) is 1. The van der Waals surface area contributed by atoms with Crippen molar-refractivity contribution in [1.29, 1.82) is 0 Å². The van der Waals surface area contributed by atoms with Gasteiger partial charge in [0.25, 0.3) is 0 Å². The quantitative estimate of drug-likeness (QED) is 0.608. The monoisotopic (exact) mass is 217 g/mol. The molecule has 1 aromatic carbocycles. The Morgan fingerprint density at radius 1 is 1.31 bits per heavy atom. The summed E-state index contributed by atoms with van der Waals surface area (Å²) < 4.78 is 0. The second-order valence-electron chi connectivity index (χ2n) is 2.94. The molecular formula is C14H19NO. The molecule has 0 aliphatic carbocycles. The lowest BCUT2D eigenvalue weighted by molar-refractivity contribution is 0.101. The minimum absolute atomic E-state index is 0.0619. The molecule has 0 saturated carbocycles. The van der Waals surface area contributed by atoms with Crippen LogP contribution in [0, 0.1) is 11.8 Å². The van der Waals surface area contributed by atoms with Gasteiger partial charge in [-0.05, 0) is 32.0 Å². The predicted molar refractivity (Wildman–Crippen MR) is 69.9 cm³/mol. The number of carbonyl (C=O) groups is 1. The fourth-order valence-corrected chi connectivity index (χ4v) is 1.22. The van der Waals surface area contributed by atoms with Gasteiger partial charge in [0.2, 0.25) is 0 Å². The number of nitrogens with one attached hydrogen (secondary N) is 1. The standard InChI is InChI=1S/C12H13NO.C2H6/c1-4-5-11-8-10(9(2)14)6-7-12(11)13-3;1-2/h6-8,13H,1-3H3;1-2H3. The van der Waals surface area contributed by atoms with Crippen molar-refractivity contribution >= 4 is 11.5 Å². The maximum absolute atomic E-state index is 11.1. The maximum Gasteiger partial charge on any atom is 0.159 e. The zero-order chi connectivity index (χ0) is 12.6. The molecule has 0 atom stereocenters. The Kier molecular flexibility index (Phi) is 6.71. The van der Waals surface area contributed by atoms with Crippen molar-refractivity contribution in [3.05, 3.63) is 29.3 Å². The van der Waals surface area contributed by atoms with E-state index >= 15 is 0 Å². The van der Waals surface area contributed by atoms with Crippen molar-refractivity contribution < 1.29 is 4.79 Å². The average Bonchev–Trinajstić information content (AvgIpc) is 2.32. The minimum atomic E-state index is 0.0619. The molecule has 0 amide bonds. The number of hydrogen-bond donors (Lipinski definition) is 1. The topological polar surface area (TPSA) is 29.1 Å². The lowest BCUT2D eigenvalue weighted by Gasteiger charge is -2.04. The Labute approximate surface area is 98.1 Å². The Balaban J connectivity index is 0.00000106. The molecule has 0 spiro atoms. The summed E-state index contributed by atoms with van der Waals surface area (Å²) in [5.74, 6) is 5.84. The Hall–Kier alpha value is -1.75. The van der Waals surface area contributed by atoms with Crippen LogP contribution in [0.3, 0.4) is 0 Å². The smallest absolute Gasteiger partial charge is 0.159 e. The molecule has 1 N–H and O–H groups in total. The van der Waals surface area contributed by atoms with E-state index in [2.05, 4.69) is 17.2 Å². The van der Waals surface area contributed by atoms with Gasteiger partial charge in [-0.2, -0.15) is 0 Å². The van der Waals surface area contributed by atoms with Crippen LogP contribution in [-0.2, 0) is 0 Å². The molecule has 16 heavy (non-hydrogen) atoms. The lowest BCUT2D eigenvalue weighted by Crippen LogP contribution is -1.97. The molecule has 2 heteroatoms. The zero-order valence-corrected chi connectivity index (χ0v) is 10.6. The van der Waals surface area contributed by atoms with E-state index in [1.54, 1.807) is 19.9 Å². The van der Waals surface area contributed by atoms with E-state index in [0.717, 1.165) is 11.3 Å². The third kappa shape index (κ3) is 3.78. The van der Waals surface area contributed by atoms with Gasteiger partial charge in [-0.3, -0.25) is 4.79 Å². The molecule has 2 nitrogen and oxygen atoms in total. The summed E-state index contributed by atoms with van der Waals surface area (Å²) in [5.41, 5.74) is 2.51. The van der Waals surface area contributed by atoms with Gasteiger partial charge in [0, 0.05) is 23.9 Å². The summed E-state index contributed by atoms with van der Waals surface area (Å²) in [7, 11) is 1.84. The van der Waals surface area contributed by atoms with Crippen LogP contribution in [0.2, 0.25) is 0 Å². The van der Waals surface area contributed by atoms with Crippen LogP contribution in [0.1, 0.15) is 43.6 Å². The fourth-order valence-electron chi connectivity index (χ4n) is 1.22. The minimum Gasteiger partial charge on any atom is -0.387 e. The van der Waals surface area contributed by atoms with Gasteiger partial charge in [-0.15, -0.1) is 5.92 Å². The van der Waals surface area contributed by atoms with E-state index in [1.807, 2.05) is 33.0 Å². The number of benzene rings is 1. The molecule has 0 bridgehead atoms. The highest BCUT2D eigenvalue weighted by Crippen LogP contribution is 2.16. The predicted octanol–water partition coefficient (Wildman–Crippen LogP) is 3.33. The second-order valence-corrected chi connectivity index (χ2v) is 2.94. The molecule has 0 saturated heterocycles. The molecule has 0 aliphatic rings. The van der Waals surface area contributed by atoms with Crippen molar-refractivity contribution in [2.75, 3.05) is 12.4 Å². The highest BCUT2D eigenvalue weighted by atomic mass is 16.1. The summed E-state index contributed by atoms with van der Waals surface area (Å²) in [6.07, 6.45) is 0. The summed E-state index contributed by atoms with van der Waals surface area (Å²) >= 11 is 0. The van der Waals surface area contributed by atoms with Gasteiger partial charge in [-0.1, -0.05) is 19.8 Å². The van der Waals surface area contributed by atoms with Crippen LogP contribution in [0.4, 0.5) is 5.69 Å². The molecule has 0 fully saturated rings. The summed E-state index contributed by atoms with van der Waals surface area (Å²) in [6.45, 7) is 7.33. The summed E-state index contributed by atoms with van der Waals surface area (Å²) in [4.78, 5) is 11.1. The summed E-state index contributed by atoms with van der Waals surface area (Å²) in [5, 5.41) is 3.03. The van der Waals surface area contributed by atoms with Crippen molar-refractivity contribution in [3.8, 4) is 11.8 Å². The van der Waals surface area contributed by atoms with Gasteiger partial charge in [0.05, 0.1) is 0 Å². The Morgan fingerprint density at radius 3 is 2.38 bits per heavy atom. The second kappa shape index (κ2) is 7.53. The number of ketones is 1. The number of carbonyl (C=O) groups excluding carboxylic acids is 1. The van der Waals surface area contributed by atoms with E-state index in [1.165, 1.54) is 0 Å². The first-order valence-electron chi connectivity index (χ1n) is 5.44. The third-order valence-corrected chi connectivity index (χ3v) is 1.96. The van der Waals surface area contributed by atoms with Crippen molar-refractivity contribution in [1.82, 2.24) is 0 Å². The van der Waals surface area contributed by atoms with Gasteiger partial charge in [0.15, 0.2) is 5.78 Å². The fraction of sp³-hybridized carbons (Fsp3) is 0.357. The van der Waals surface area contributed by atoms with Gasteiger partial charge in [0.1, 0.15) is 0 Å². The van der Waals surface area contributed by atoms with E-state index in [-0.39, 0.29) is 5.78 Å².